The molecule has 2 rings (SSSR count). The second-order valence-electron chi connectivity index (χ2n) is 3.68. The number of benzene rings is 1. The minimum atomic E-state index is 0.108. The summed E-state index contributed by atoms with van der Waals surface area (Å²) in [6.45, 7) is 2.72. The third-order valence-electron chi connectivity index (χ3n) is 2.42. The van der Waals surface area contributed by atoms with Gasteiger partial charge in [0.15, 0.2) is 0 Å². The van der Waals surface area contributed by atoms with E-state index in [-0.39, 0.29) is 6.10 Å². The van der Waals surface area contributed by atoms with Crippen molar-refractivity contribution < 1.29 is 9.47 Å². The van der Waals surface area contributed by atoms with Gasteiger partial charge in [-0.25, -0.2) is 0 Å². The van der Waals surface area contributed by atoms with Gasteiger partial charge in [-0.1, -0.05) is 15.9 Å². The molecule has 1 aromatic rings. The van der Waals surface area contributed by atoms with E-state index in [9.17, 15) is 0 Å². The second-order valence-corrected chi connectivity index (χ2v) is 4.60. The van der Waals surface area contributed by atoms with Gasteiger partial charge >= 0.3 is 0 Å². The molecule has 1 aliphatic rings. The Balaban J connectivity index is 1.88. The van der Waals surface area contributed by atoms with Crippen LogP contribution in [-0.2, 0) is 9.47 Å². The van der Waals surface area contributed by atoms with Crippen LogP contribution in [0.1, 0.15) is 0 Å². The van der Waals surface area contributed by atoms with Gasteiger partial charge in [0, 0.05) is 11.0 Å². The van der Waals surface area contributed by atoms with E-state index in [4.69, 9.17) is 15.2 Å². The molecular formula is C11H15BrN2O2. The summed E-state index contributed by atoms with van der Waals surface area (Å²) in [7, 11) is 0. The molecule has 0 radical (unpaired) electrons. The van der Waals surface area contributed by atoms with Crippen LogP contribution in [0.15, 0.2) is 22.7 Å². The number of halogens is 1. The van der Waals surface area contributed by atoms with E-state index in [1.165, 1.54) is 0 Å². The van der Waals surface area contributed by atoms with Crippen LogP contribution in [-0.4, -0.2) is 32.5 Å². The van der Waals surface area contributed by atoms with Crippen LogP contribution < -0.4 is 11.1 Å². The Labute approximate surface area is 103 Å². The SMILES string of the molecule is Nc1cc(Br)ccc1NCC1COCCO1. The number of hydrogen-bond acceptors (Lipinski definition) is 4. The van der Waals surface area contributed by atoms with Gasteiger partial charge in [-0.05, 0) is 18.2 Å². The molecule has 0 spiro atoms. The third kappa shape index (κ3) is 3.10. The van der Waals surface area contributed by atoms with Crippen LogP contribution in [0, 0.1) is 0 Å². The fourth-order valence-electron chi connectivity index (χ4n) is 1.57. The van der Waals surface area contributed by atoms with E-state index < -0.39 is 0 Å². The third-order valence-corrected chi connectivity index (χ3v) is 2.91. The van der Waals surface area contributed by atoms with Crippen molar-refractivity contribution in [1.82, 2.24) is 0 Å². The molecule has 0 saturated carbocycles. The molecule has 88 valence electrons. The highest BCUT2D eigenvalue weighted by Crippen LogP contribution is 2.23. The quantitative estimate of drug-likeness (QED) is 0.833. The van der Waals surface area contributed by atoms with Gasteiger partial charge in [-0.3, -0.25) is 0 Å². The van der Waals surface area contributed by atoms with E-state index in [1.54, 1.807) is 0 Å². The summed E-state index contributed by atoms with van der Waals surface area (Å²) < 4.78 is 11.8. The first kappa shape index (κ1) is 11.7. The van der Waals surface area contributed by atoms with Crippen LogP contribution in [0.3, 0.4) is 0 Å². The monoisotopic (exact) mass is 286 g/mol. The standard InChI is InChI=1S/C11H15BrN2O2/c12-8-1-2-11(10(13)5-8)14-6-9-7-15-3-4-16-9/h1-2,5,9,14H,3-4,6-7,13H2. The topological polar surface area (TPSA) is 56.5 Å². The first-order valence-corrected chi connectivity index (χ1v) is 6.03. The van der Waals surface area contributed by atoms with Crippen molar-refractivity contribution in [3.8, 4) is 0 Å². The van der Waals surface area contributed by atoms with E-state index in [0.29, 0.717) is 26.4 Å². The maximum atomic E-state index is 5.87. The van der Waals surface area contributed by atoms with Gasteiger partial charge in [-0.2, -0.15) is 0 Å². The lowest BCUT2D eigenvalue weighted by atomic mass is 10.2. The first-order valence-electron chi connectivity index (χ1n) is 5.24. The smallest absolute Gasteiger partial charge is 0.0981 e. The molecule has 5 heteroatoms. The minimum absolute atomic E-state index is 0.108. The van der Waals surface area contributed by atoms with Crippen LogP contribution in [0.5, 0.6) is 0 Å². The maximum absolute atomic E-state index is 5.87. The molecule has 0 aliphatic carbocycles. The average Bonchev–Trinajstić information content (AvgIpc) is 2.29. The van der Waals surface area contributed by atoms with Crippen molar-refractivity contribution >= 4 is 27.3 Å². The van der Waals surface area contributed by atoms with Crippen LogP contribution in [0.4, 0.5) is 11.4 Å². The van der Waals surface area contributed by atoms with E-state index in [0.717, 1.165) is 15.8 Å². The van der Waals surface area contributed by atoms with Crippen molar-refractivity contribution in [3.05, 3.63) is 22.7 Å². The Morgan fingerprint density at radius 1 is 1.44 bits per heavy atom. The summed E-state index contributed by atoms with van der Waals surface area (Å²) in [5.41, 5.74) is 7.53. The highest BCUT2D eigenvalue weighted by molar-refractivity contribution is 9.10. The van der Waals surface area contributed by atoms with Crippen LogP contribution in [0.25, 0.3) is 0 Å². The molecule has 1 saturated heterocycles. The van der Waals surface area contributed by atoms with E-state index >= 15 is 0 Å². The summed E-state index contributed by atoms with van der Waals surface area (Å²) in [5, 5.41) is 3.26. The normalized spacial score (nSPS) is 20.7. The lowest BCUT2D eigenvalue weighted by molar-refractivity contribution is -0.0818. The molecule has 1 unspecified atom stereocenters. The first-order chi connectivity index (χ1) is 7.75. The van der Waals surface area contributed by atoms with Gasteiger partial charge in [-0.15, -0.1) is 0 Å². The average molecular weight is 287 g/mol. The number of nitrogens with one attached hydrogen (secondary N) is 1. The maximum Gasteiger partial charge on any atom is 0.0981 e. The summed E-state index contributed by atoms with van der Waals surface area (Å²) in [4.78, 5) is 0. The molecule has 1 heterocycles. The molecule has 16 heavy (non-hydrogen) atoms. The fraction of sp³-hybridized carbons (Fsp3) is 0.455. The summed E-state index contributed by atoms with van der Waals surface area (Å²) >= 11 is 3.37. The Morgan fingerprint density at radius 3 is 3.00 bits per heavy atom. The molecule has 1 atom stereocenters. The highest BCUT2D eigenvalue weighted by Gasteiger charge is 2.14. The molecule has 0 aromatic heterocycles. The number of ether oxygens (including phenoxy) is 2. The number of nitrogen functional groups attached to an aromatic ring is 1. The zero-order chi connectivity index (χ0) is 11.4. The van der Waals surface area contributed by atoms with Gasteiger partial charge in [0.2, 0.25) is 0 Å². The molecule has 1 aliphatic heterocycles. The number of nitrogens with two attached hydrogens (primary N) is 1. The van der Waals surface area contributed by atoms with Gasteiger partial charge in [0.05, 0.1) is 37.3 Å². The molecule has 4 nitrogen and oxygen atoms in total. The molecular weight excluding hydrogens is 272 g/mol. The number of anilines is 2. The van der Waals surface area contributed by atoms with Crippen molar-refractivity contribution in [3.63, 3.8) is 0 Å². The largest absolute Gasteiger partial charge is 0.397 e. The molecule has 0 amide bonds. The second kappa shape index (κ2) is 5.52. The molecule has 1 aromatic carbocycles. The summed E-state index contributed by atoms with van der Waals surface area (Å²) in [6.07, 6.45) is 0.108. The predicted octanol–water partition coefficient (Wildman–Crippen LogP) is 1.86. The molecule has 0 bridgehead atoms. The van der Waals surface area contributed by atoms with Crippen molar-refractivity contribution in [1.29, 1.82) is 0 Å². The van der Waals surface area contributed by atoms with E-state index in [2.05, 4.69) is 21.2 Å². The van der Waals surface area contributed by atoms with Crippen LogP contribution >= 0.6 is 15.9 Å². The lowest BCUT2D eigenvalue weighted by Crippen LogP contribution is -2.34. The van der Waals surface area contributed by atoms with Gasteiger partial charge in [0.25, 0.3) is 0 Å². The van der Waals surface area contributed by atoms with Gasteiger partial charge < -0.3 is 20.5 Å². The Morgan fingerprint density at radius 2 is 2.31 bits per heavy atom. The molecule has 1 fully saturated rings. The van der Waals surface area contributed by atoms with E-state index in [1.807, 2.05) is 18.2 Å². The summed E-state index contributed by atoms with van der Waals surface area (Å²) in [5.74, 6) is 0. The number of rotatable bonds is 3. The number of hydrogen-bond donors (Lipinski definition) is 2. The Hall–Kier alpha value is -0.780. The van der Waals surface area contributed by atoms with Crippen molar-refractivity contribution in [2.45, 2.75) is 6.10 Å². The Kier molecular flexibility index (Phi) is 4.04. The van der Waals surface area contributed by atoms with Crippen molar-refractivity contribution in [2.75, 3.05) is 37.4 Å². The van der Waals surface area contributed by atoms with Crippen LogP contribution in [0.2, 0.25) is 0 Å². The lowest BCUT2D eigenvalue weighted by Gasteiger charge is -2.23. The zero-order valence-electron chi connectivity index (χ0n) is 8.91. The predicted molar refractivity (Wildman–Crippen MR) is 67.6 cm³/mol. The highest BCUT2D eigenvalue weighted by atomic mass is 79.9. The fourth-order valence-corrected chi connectivity index (χ4v) is 1.95. The summed E-state index contributed by atoms with van der Waals surface area (Å²) in [6, 6.07) is 5.78. The minimum Gasteiger partial charge on any atom is -0.397 e. The zero-order valence-corrected chi connectivity index (χ0v) is 10.5. The van der Waals surface area contributed by atoms with Gasteiger partial charge in [0.1, 0.15) is 0 Å². The van der Waals surface area contributed by atoms with Crippen molar-refractivity contribution in [2.24, 2.45) is 0 Å². The molecule has 3 N–H and O–H groups in total. The Bertz CT molecular complexity index is 354.